The van der Waals surface area contributed by atoms with Gasteiger partial charge in [-0.05, 0) is 42.8 Å². The molecule has 0 radical (unpaired) electrons. The Kier molecular flexibility index (Phi) is 5.14. The number of amides is 1. The van der Waals surface area contributed by atoms with E-state index in [1.807, 2.05) is 25.1 Å². The molecule has 0 bridgehead atoms. The Bertz CT molecular complexity index is 953. The molecule has 0 aliphatic heterocycles. The standard InChI is InChI=1S/C19H18ClN3O3/c1-11-4-5-12(20)8-14(11)16-10-17(23-22-16)19(24)21-15-7-6-13(25-2)9-18(15)26-3/h4-10H,1-3H3,(H,21,24)(H,22,23). The summed E-state index contributed by atoms with van der Waals surface area (Å²) in [5, 5.41) is 10.4. The number of halogens is 1. The van der Waals surface area contributed by atoms with E-state index in [0.717, 1.165) is 11.1 Å². The number of methoxy groups -OCH3 is 2. The number of carbonyl (C=O) groups is 1. The van der Waals surface area contributed by atoms with Crippen LogP contribution in [0.15, 0.2) is 42.5 Å². The highest BCUT2D eigenvalue weighted by molar-refractivity contribution is 6.30. The molecule has 3 rings (SSSR count). The summed E-state index contributed by atoms with van der Waals surface area (Å²) in [5.74, 6) is 0.815. The maximum Gasteiger partial charge on any atom is 0.273 e. The zero-order chi connectivity index (χ0) is 18.7. The minimum atomic E-state index is -0.327. The predicted octanol–water partition coefficient (Wildman–Crippen LogP) is 4.31. The van der Waals surface area contributed by atoms with Crippen LogP contribution in [0.4, 0.5) is 5.69 Å². The van der Waals surface area contributed by atoms with Crippen molar-refractivity contribution in [2.24, 2.45) is 0 Å². The molecule has 0 fully saturated rings. The average molecular weight is 372 g/mol. The van der Waals surface area contributed by atoms with E-state index in [4.69, 9.17) is 21.1 Å². The highest BCUT2D eigenvalue weighted by Gasteiger charge is 2.15. The molecule has 3 aromatic rings. The third-order valence-corrected chi connectivity index (χ3v) is 4.19. The smallest absolute Gasteiger partial charge is 0.273 e. The molecule has 0 saturated carbocycles. The second-order valence-corrected chi connectivity index (χ2v) is 6.08. The summed E-state index contributed by atoms with van der Waals surface area (Å²) in [5.41, 5.74) is 3.40. The number of aromatic amines is 1. The zero-order valence-corrected chi connectivity index (χ0v) is 15.3. The Hall–Kier alpha value is -2.99. The summed E-state index contributed by atoms with van der Waals surface area (Å²) in [6.07, 6.45) is 0. The number of H-pyrrole nitrogens is 1. The van der Waals surface area contributed by atoms with E-state index in [1.54, 1.807) is 31.4 Å². The molecule has 0 aliphatic rings. The topological polar surface area (TPSA) is 76.2 Å². The van der Waals surface area contributed by atoms with Gasteiger partial charge in [0.15, 0.2) is 0 Å². The van der Waals surface area contributed by atoms with Crippen molar-refractivity contribution in [2.45, 2.75) is 6.92 Å². The van der Waals surface area contributed by atoms with Crippen molar-refractivity contribution in [3.8, 4) is 22.8 Å². The summed E-state index contributed by atoms with van der Waals surface area (Å²) < 4.78 is 10.4. The molecule has 0 unspecified atom stereocenters. The first-order valence-corrected chi connectivity index (χ1v) is 8.25. The fourth-order valence-corrected chi connectivity index (χ4v) is 2.71. The highest BCUT2D eigenvalue weighted by atomic mass is 35.5. The molecule has 1 heterocycles. The molecule has 0 spiro atoms. The second kappa shape index (κ2) is 7.49. The van der Waals surface area contributed by atoms with E-state index >= 15 is 0 Å². The molecule has 7 heteroatoms. The third kappa shape index (κ3) is 3.65. The van der Waals surface area contributed by atoms with Gasteiger partial charge in [-0.3, -0.25) is 9.89 Å². The van der Waals surface area contributed by atoms with Gasteiger partial charge in [0.05, 0.1) is 25.6 Å². The quantitative estimate of drug-likeness (QED) is 0.700. The van der Waals surface area contributed by atoms with E-state index in [-0.39, 0.29) is 5.91 Å². The second-order valence-electron chi connectivity index (χ2n) is 5.65. The lowest BCUT2D eigenvalue weighted by Gasteiger charge is -2.10. The maximum absolute atomic E-state index is 12.5. The largest absolute Gasteiger partial charge is 0.497 e. The summed E-state index contributed by atoms with van der Waals surface area (Å²) in [6, 6.07) is 12.4. The lowest BCUT2D eigenvalue weighted by Crippen LogP contribution is -2.13. The van der Waals surface area contributed by atoms with Crippen molar-refractivity contribution in [2.75, 3.05) is 19.5 Å². The molecule has 134 valence electrons. The average Bonchev–Trinajstić information content (AvgIpc) is 3.14. The van der Waals surface area contributed by atoms with Crippen LogP contribution in [-0.2, 0) is 0 Å². The number of ether oxygens (including phenoxy) is 2. The Morgan fingerprint density at radius 3 is 2.65 bits per heavy atom. The first kappa shape index (κ1) is 17.8. The van der Waals surface area contributed by atoms with Crippen LogP contribution >= 0.6 is 11.6 Å². The summed E-state index contributed by atoms with van der Waals surface area (Å²) >= 11 is 6.06. The number of carbonyl (C=O) groups excluding carboxylic acids is 1. The first-order valence-electron chi connectivity index (χ1n) is 7.87. The third-order valence-electron chi connectivity index (χ3n) is 3.95. The van der Waals surface area contributed by atoms with Crippen molar-refractivity contribution in [1.29, 1.82) is 0 Å². The van der Waals surface area contributed by atoms with Gasteiger partial charge in [-0.15, -0.1) is 0 Å². The molecule has 2 aromatic carbocycles. The number of aryl methyl sites for hydroxylation is 1. The molecule has 1 aromatic heterocycles. The van der Waals surface area contributed by atoms with Gasteiger partial charge in [0, 0.05) is 16.7 Å². The van der Waals surface area contributed by atoms with Crippen LogP contribution in [0.25, 0.3) is 11.3 Å². The number of nitrogens with zero attached hydrogens (tertiary/aromatic N) is 1. The van der Waals surface area contributed by atoms with Crippen molar-refractivity contribution < 1.29 is 14.3 Å². The summed E-state index contributed by atoms with van der Waals surface area (Å²) in [7, 11) is 3.09. The molecule has 0 aliphatic carbocycles. The predicted molar refractivity (Wildman–Crippen MR) is 101 cm³/mol. The highest BCUT2D eigenvalue weighted by Crippen LogP contribution is 2.30. The summed E-state index contributed by atoms with van der Waals surface area (Å²) in [6.45, 7) is 1.96. The van der Waals surface area contributed by atoms with Crippen LogP contribution in [-0.4, -0.2) is 30.3 Å². The number of aromatic nitrogens is 2. The van der Waals surface area contributed by atoms with E-state index in [0.29, 0.717) is 33.6 Å². The van der Waals surface area contributed by atoms with Crippen LogP contribution in [0, 0.1) is 6.92 Å². The van der Waals surface area contributed by atoms with E-state index in [1.165, 1.54) is 7.11 Å². The van der Waals surface area contributed by atoms with Crippen molar-refractivity contribution in [3.05, 3.63) is 58.7 Å². The van der Waals surface area contributed by atoms with Crippen LogP contribution < -0.4 is 14.8 Å². The van der Waals surface area contributed by atoms with Gasteiger partial charge < -0.3 is 14.8 Å². The van der Waals surface area contributed by atoms with Crippen LogP contribution in [0.5, 0.6) is 11.5 Å². The number of rotatable bonds is 5. The van der Waals surface area contributed by atoms with Gasteiger partial charge in [-0.1, -0.05) is 17.7 Å². The van der Waals surface area contributed by atoms with Crippen molar-refractivity contribution >= 4 is 23.2 Å². The zero-order valence-electron chi connectivity index (χ0n) is 14.6. The number of hydrogen-bond acceptors (Lipinski definition) is 4. The molecule has 26 heavy (non-hydrogen) atoms. The monoisotopic (exact) mass is 371 g/mol. The van der Waals surface area contributed by atoms with Crippen molar-refractivity contribution in [3.63, 3.8) is 0 Å². The molecule has 2 N–H and O–H groups in total. The number of hydrogen-bond donors (Lipinski definition) is 2. The Morgan fingerprint density at radius 2 is 1.92 bits per heavy atom. The Labute approximate surface area is 156 Å². The molecule has 0 atom stereocenters. The molecular weight excluding hydrogens is 354 g/mol. The fourth-order valence-electron chi connectivity index (χ4n) is 2.54. The van der Waals surface area contributed by atoms with Gasteiger partial charge in [-0.2, -0.15) is 5.10 Å². The van der Waals surface area contributed by atoms with Crippen LogP contribution in [0.3, 0.4) is 0 Å². The fraction of sp³-hybridized carbons (Fsp3) is 0.158. The first-order chi connectivity index (χ1) is 12.5. The molecule has 0 saturated heterocycles. The lowest BCUT2D eigenvalue weighted by molar-refractivity contribution is 0.102. The van der Waals surface area contributed by atoms with Gasteiger partial charge in [-0.25, -0.2) is 0 Å². The lowest BCUT2D eigenvalue weighted by atomic mass is 10.1. The van der Waals surface area contributed by atoms with E-state index < -0.39 is 0 Å². The van der Waals surface area contributed by atoms with Gasteiger partial charge >= 0.3 is 0 Å². The molecule has 1 amide bonds. The van der Waals surface area contributed by atoms with Gasteiger partial charge in [0.2, 0.25) is 0 Å². The maximum atomic E-state index is 12.5. The minimum Gasteiger partial charge on any atom is -0.497 e. The molecule has 6 nitrogen and oxygen atoms in total. The van der Waals surface area contributed by atoms with E-state index in [9.17, 15) is 4.79 Å². The van der Waals surface area contributed by atoms with Crippen LogP contribution in [0.1, 0.15) is 16.1 Å². The Morgan fingerprint density at radius 1 is 1.12 bits per heavy atom. The molecular formula is C19H18ClN3O3. The van der Waals surface area contributed by atoms with Crippen molar-refractivity contribution in [1.82, 2.24) is 10.2 Å². The number of anilines is 1. The van der Waals surface area contributed by atoms with E-state index in [2.05, 4.69) is 15.5 Å². The summed E-state index contributed by atoms with van der Waals surface area (Å²) in [4.78, 5) is 12.5. The number of nitrogens with one attached hydrogen (secondary N) is 2. The van der Waals surface area contributed by atoms with Gasteiger partial charge in [0.1, 0.15) is 17.2 Å². The van der Waals surface area contributed by atoms with Crippen LogP contribution in [0.2, 0.25) is 5.02 Å². The Balaban J connectivity index is 1.84. The minimum absolute atomic E-state index is 0.327. The van der Waals surface area contributed by atoms with Gasteiger partial charge in [0.25, 0.3) is 5.91 Å². The number of benzene rings is 2. The SMILES string of the molecule is COc1ccc(NC(=O)c2cc(-c3cc(Cl)ccc3C)n[nH]2)c(OC)c1. The normalized spacial score (nSPS) is 10.5.